The standard InChI is InChI=1S/C9H8ClFN4O2/c1-14-5(2-3-12-14)4-15-8(16)6(11)7(10)13-9(15)17/h2-3H,4H2,1H3,(H,13,17). The molecule has 17 heavy (non-hydrogen) atoms. The predicted octanol–water partition coefficient (Wildman–Crippen LogP) is 0.111. The number of rotatable bonds is 2. The van der Waals surface area contributed by atoms with Crippen LogP contribution in [0.5, 0.6) is 0 Å². The number of halogens is 2. The number of hydrogen-bond acceptors (Lipinski definition) is 3. The molecule has 0 aromatic carbocycles. The molecular weight excluding hydrogens is 251 g/mol. The van der Waals surface area contributed by atoms with E-state index in [1.54, 1.807) is 13.1 Å². The molecule has 0 unspecified atom stereocenters. The third kappa shape index (κ3) is 2.01. The van der Waals surface area contributed by atoms with Crippen LogP contribution in [0.25, 0.3) is 0 Å². The molecule has 2 aromatic heterocycles. The molecule has 2 rings (SSSR count). The number of nitrogens with one attached hydrogen (secondary N) is 1. The molecule has 0 saturated carbocycles. The van der Waals surface area contributed by atoms with Crippen molar-refractivity contribution in [2.45, 2.75) is 6.54 Å². The lowest BCUT2D eigenvalue weighted by Crippen LogP contribution is -2.37. The van der Waals surface area contributed by atoms with Gasteiger partial charge in [-0.05, 0) is 6.07 Å². The molecule has 2 heterocycles. The van der Waals surface area contributed by atoms with Gasteiger partial charge in [0.15, 0.2) is 5.15 Å². The Balaban J connectivity index is 2.55. The number of aryl methyl sites for hydroxylation is 1. The second-order valence-corrected chi connectivity index (χ2v) is 3.77. The van der Waals surface area contributed by atoms with Gasteiger partial charge in [-0.25, -0.2) is 4.79 Å². The average molecular weight is 259 g/mol. The van der Waals surface area contributed by atoms with E-state index in [0.717, 1.165) is 4.57 Å². The second kappa shape index (κ2) is 4.17. The molecule has 2 aromatic rings. The summed E-state index contributed by atoms with van der Waals surface area (Å²) in [4.78, 5) is 25.0. The maximum absolute atomic E-state index is 13.2. The summed E-state index contributed by atoms with van der Waals surface area (Å²) in [5.41, 5.74) is -1.22. The summed E-state index contributed by atoms with van der Waals surface area (Å²) >= 11 is 5.34. The largest absolute Gasteiger partial charge is 0.330 e. The van der Waals surface area contributed by atoms with Crippen LogP contribution in [0.2, 0.25) is 5.15 Å². The van der Waals surface area contributed by atoms with Crippen molar-refractivity contribution in [3.63, 3.8) is 0 Å². The maximum Gasteiger partial charge on any atom is 0.330 e. The van der Waals surface area contributed by atoms with E-state index in [4.69, 9.17) is 11.6 Å². The molecule has 0 aliphatic heterocycles. The molecule has 0 spiro atoms. The molecule has 0 aliphatic rings. The summed E-state index contributed by atoms with van der Waals surface area (Å²) in [7, 11) is 1.65. The van der Waals surface area contributed by atoms with E-state index < -0.39 is 22.2 Å². The quantitative estimate of drug-likeness (QED) is 0.777. The van der Waals surface area contributed by atoms with Crippen molar-refractivity contribution in [3.05, 3.63) is 49.8 Å². The summed E-state index contributed by atoms with van der Waals surface area (Å²) in [6.07, 6.45) is 1.51. The van der Waals surface area contributed by atoms with Crippen LogP contribution in [-0.2, 0) is 13.6 Å². The van der Waals surface area contributed by atoms with Gasteiger partial charge < -0.3 is 0 Å². The minimum Gasteiger partial charge on any atom is -0.295 e. The SMILES string of the molecule is Cn1nccc1Cn1c(=O)[nH]c(Cl)c(F)c1=O. The van der Waals surface area contributed by atoms with E-state index in [0.29, 0.717) is 5.69 Å². The summed E-state index contributed by atoms with van der Waals surface area (Å²) < 4.78 is 15.4. The first-order valence-corrected chi connectivity index (χ1v) is 5.03. The molecule has 0 bridgehead atoms. The van der Waals surface area contributed by atoms with Gasteiger partial charge in [0.05, 0.1) is 12.2 Å². The Hall–Kier alpha value is -1.89. The van der Waals surface area contributed by atoms with Gasteiger partial charge in [-0.15, -0.1) is 0 Å². The zero-order chi connectivity index (χ0) is 12.6. The van der Waals surface area contributed by atoms with Gasteiger partial charge in [-0.3, -0.25) is 19.0 Å². The first-order valence-electron chi connectivity index (χ1n) is 4.65. The molecular formula is C9H8ClFN4O2. The molecule has 0 amide bonds. The monoisotopic (exact) mass is 258 g/mol. The highest BCUT2D eigenvalue weighted by atomic mass is 35.5. The number of hydrogen-bond donors (Lipinski definition) is 1. The van der Waals surface area contributed by atoms with Crippen molar-refractivity contribution >= 4 is 11.6 Å². The summed E-state index contributed by atoms with van der Waals surface area (Å²) in [5.74, 6) is -1.17. The molecule has 90 valence electrons. The lowest BCUT2D eigenvalue weighted by Gasteiger charge is -2.05. The Morgan fingerprint density at radius 3 is 2.82 bits per heavy atom. The van der Waals surface area contributed by atoms with Crippen LogP contribution >= 0.6 is 11.6 Å². The van der Waals surface area contributed by atoms with Crippen LogP contribution < -0.4 is 11.2 Å². The van der Waals surface area contributed by atoms with Gasteiger partial charge in [0.1, 0.15) is 0 Å². The van der Waals surface area contributed by atoms with E-state index >= 15 is 0 Å². The molecule has 0 fully saturated rings. The predicted molar refractivity (Wildman–Crippen MR) is 58.6 cm³/mol. The Morgan fingerprint density at radius 2 is 2.24 bits per heavy atom. The number of H-pyrrole nitrogens is 1. The normalized spacial score (nSPS) is 10.8. The Kier molecular flexibility index (Phi) is 2.84. The van der Waals surface area contributed by atoms with E-state index in [2.05, 4.69) is 5.10 Å². The number of nitrogens with zero attached hydrogens (tertiary/aromatic N) is 3. The average Bonchev–Trinajstić information content (AvgIpc) is 2.67. The Bertz CT molecular complexity index is 672. The van der Waals surface area contributed by atoms with E-state index in [-0.39, 0.29) is 6.54 Å². The maximum atomic E-state index is 13.2. The third-order valence-electron chi connectivity index (χ3n) is 2.33. The summed E-state index contributed by atoms with van der Waals surface area (Å²) in [6, 6.07) is 1.62. The van der Waals surface area contributed by atoms with Crippen molar-refractivity contribution < 1.29 is 4.39 Å². The minimum absolute atomic E-state index is 0.0707. The van der Waals surface area contributed by atoms with Crippen LogP contribution in [0.1, 0.15) is 5.69 Å². The van der Waals surface area contributed by atoms with Crippen molar-refractivity contribution in [1.29, 1.82) is 0 Å². The van der Waals surface area contributed by atoms with Gasteiger partial charge in [0.25, 0.3) is 5.56 Å². The highest BCUT2D eigenvalue weighted by Crippen LogP contribution is 2.03. The van der Waals surface area contributed by atoms with Gasteiger partial charge in [0.2, 0.25) is 5.82 Å². The van der Waals surface area contributed by atoms with E-state index in [1.165, 1.54) is 10.9 Å². The Labute approximate surface area is 99.3 Å². The molecule has 0 saturated heterocycles. The smallest absolute Gasteiger partial charge is 0.295 e. The van der Waals surface area contributed by atoms with Gasteiger partial charge in [0, 0.05) is 13.2 Å². The van der Waals surface area contributed by atoms with Crippen LogP contribution in [0.4, 0.5) is 4.39 Å². The zero-order valence-electron chi connectivity index (χ0n) is 8.78. The molecule has 6 nitrogen and oxygen atoms in total. The molecule has 0 aliphatic carbocycles. The molecule has 8 heteroatoms. The number of aromatic amines is 1. The van der Waals surface area contributed by atoms with Gasteiger partial charge >= 0.3 is 5.69 Å². The van der Waals surface area contributed by atoms with Crippen molar-refractivity contribution in [1.82, 2.24) is 19.3 Å². The second-order valence-electron chi connectivity index (χ2n) is 3.40. The van der Waals surface area contributed by atoms with E-state index in [1.807, 2.05) is 4.98 Å². The van der Waals surface area contributed by atoms with Crippen LogP contribution in [0.3, 0.4) is 0 Å². The first-order chi connectivity index (χ1) is 8.00. The lowest BCUT2D eigenvalue weighted by molar-refractivity contribution is 0.547. The van der Waals surface area contributed by atoms with Crippen LogP contribution in [0, 0.1) is 5.82 Å². The molecule has 0 radical (unpaired) electrons. The van der Waals surface area contributed by atoms with Crippen LogP contribution in [0.15, 0.2) is 21.9 Å². The zero-order valence-corrected chi connectivity index (χ0v) is 9.53. The van der Waals surface area contributed by atoms with E-state index in [9.17, 15) is 14.0 Å². The summed E-state index contributed by atoms with van der Waals surface area (Å²) in [5, 5.41) is 3.30. The lowest BCUT2D eigenvalue weighted by atomic mass is 10.4. The Morgan fingerprint density at radius 1 is 1.53 bits per heavy atom. The highest BCUT2D eigenvalue weighted by molar-refractivity contribution is 6.29. The fourth-order valence-corrected chi connectivity index (χ4v) is 1.54. The van der Waals surface area contributed by atoms with Crippen molar-refractivity contribution in [3.8, 4) is 0 Å². The summed E-state index contributed by atoms with van der Waals surface area (Å²) in [6.45, 7) is -0.0707. The van der Waals surface area contributed by atoms with Crippen molar-refractivity contribution in [2.24, 2.45) is 7.05 Å². The molecule has 1 N–H and O–H groups in total. The first kappa shape index (κ1) is 11.6. The van der Waals surface area contributed by atoms with Crippen molar-refractivity contribution in [2.75, 3.05) is 0 Å². The number of aromatic nitrogens is 4. The molecule has 0 atom stereocenters. The van der Waals surface area contributed by atoms with Gasteiger partial charge in [-0.2, -0.15) is 9.49 Å². The van der Waals surface area contributed by atoms with Gasteiger partial charge in [-0.1, -0.05) is 11.6 Å². The van der Waals surface area contributed by atoms with Crippen LogP contribution in [-0.4, -0.2) is 19.3 Å². The third-order valence-corrected chi connectivity index (χ3v) is 2.59. The fraction of sp³-hybridized carbons (Fsp3) is 0.222. The highest BCUT2D eigenvalue weighted by Gasteiger charge is 2.13. The minimum atomic E-state index is -1.17. The topological polar surface area (TPSA) is 72.7 Å². The fourth-order valence-electron chi connectivity index (χ4n) is 1.38.